The topological polar surface area (TPSA) is 52.6 Å². The molecule has 0 N–H and O–H groups in total. The zero-order valence-electron chi connectivity index (χ0n) is 10.1. The lowest BCUT2D eigenvalue weighted by Crippen LogP contribution is -2.46. The number of allylic oxidation sites excluding steroid dienone is 4. The quantitative estimate of drug-likeness (QED) is 0.426. The van der Waals surface area contributed by atoms with E-state index in [2.05, 4.69) is 13.2 Å². The van der Waals surface area contributed by atoms with Crippen molar-refractivity contribution in [1.29, 1.82) is 0 Å². The van der Waals surface area contributed by atoms with Gasteiger partial charge in [-0.3, -0.25) is 9.59 Å². The molecule has 0 bridgehead atoms. The van der Waals surface area contributed by atoms with Crippen molar-refractivity contribution < 1.29 is 19.1 Å². The lowest BCUT2D eigenvalue weighted by molar-refractivity contribution is -0.239. The summed E-state index contributed by atoms with van der Waals surface area (Å²) < 4.78 is 10.0. The third kappa shape index (κ3) is 3.31. The molecule has 1 aliphatic heterocycles. The van der Waals surface area contributed by atoms with Crippen molar-refractivity contribution in [2.45, 2.75) is 26.1 Å². The molecule has 0 aliphatic carbocycles. The standard InChI is InChI=1S/C13H16O4/c1-5-7-9(6-2)8-10-11(14)16-13(3,4)17-12(10)15/h5-7,10H,1-2,8H2,3-4H3/b9-7+. The van der Waals surface area contributed by atoms with E-state index in [-0.39, 0.29) is 6.42 Å². The van der Waals surface area contributed by atoms with Gasteiger partial charge in [0, 0.05) is 13.8 Å². The van der Waals surface area contributed by atoms with E-state index in [1.807, 2.05) is 0 Å². The van der Waals surface area contributed by atoms with Crippen molar-refractivity contribution in [2.75, 3.05) is 0 Å². The Labute approximate surface area is 101 Å². The lowest BCUT2D eigenvalue weighted by atomic mass is 9.98. The SMILES string of the molecule is C=C/C=C(\C=C)CC1C(=O)OC(C)(C)OC1=O. The number of hydrogen-bond acceptors (Lipinski definition) is 4. The van der Waals surface area contributed by atoms with Crippen molar-refractivity contribution >= 4 is 11.9 Å². The summed E-state index contributed by atoms with van der Waals surface area (Å²) in [6.45, 7) is 10.2. The fourth-order valence-corrected chi connectivity index (χ4v) is 1.52. The molecule has 1 fully saturated rings. The molecule has 0 spiro atoms. The summed E-state index contributed by atoms with van der Waals surface area (Å²) in [6.07, 6.45) is 5.04. The molecular weight excluding hydrogens is 220 g/mol. The van der Waals surface area contributed by atoms with Gasteiger partial charge < -0.3 is 9.47 Å². The second-order valence-corrected chi connectivity index (χ2v) is 4.18. The molecule has 4 heteroatoms. The van der Waals surface area contributed by atoms with Gasteiger partial charge in [0.1, 0.15) is 0 Å². The van der Waals surface area contributed by atoms with Crippen molar-refractivity contribution in [3.05, 3.63) is 37.0 Å². The van der Waals surface area contributed by atoms with Gasteiger partial charge in [0.2, 0.25) is 0 Å². The highest BCUT2D eigenvalue weighted by Gasteiger charge is 2.43. The number of ether oxygens (including phenoxy) is 2. The maximum atomic E-state index is 11.7. The first-order valence-electron chi connectivity index (χ1n) is 5.29. The van der Waals surface area contributed by atoms with E-state index in [1.54, 1.807) is 18.2 Å². The molecule has 0 radical (unpaired) electrons. The fourth-order valence-electron chi connectivity index (χ4n) is 1.52. The Balaban J connectivity index is 2.82. The first kappa shape index (κ1) is 13.2. The van der Waals surface area contributed by atoms with E-state index in [9.17, 15) is 9.59 Å². The minimum atomic E-state index is -1.18. The molecule has 17 heavy (non-hydrogen) atoms. The van der Waals surface area contributed by atoms with E-state index < -0.39 is 23.6 Å². The molecule has 4 nitrogen and oxygen atoms in total. The third-order valence-electron chi connectivity index (χ3n) is 2.30. The Morgan fingerprint density at radius 2 is 1.82 bits per heavy atom. The Morgan fingerprint density at radius 1 is 1.29 bits per heavy atom. The Hall–Kier alpha value is -1.84. The molecule has 0 unspecified atom stereocenters. The smallest absolute Gasteiger partial charge is 0.323 e. The first-order chi connectivity index (χ1) is 7.89. The van der Waals surface area contributed by atoms with Gasteiger partial charge in [-0.25, -0.2) is 0 Å². The number of carbonyl (C=O) groups is 2. The van der Waals surface area contributed by atoms with Crippen molar-refractivity contribution in [1.82, 2.24) is 0 Å². The minimum absolute atomic E-state index is 0.212. The normalized spacial score (nSPS) is 20.5. The largest absolute Gasteiger partial charge is 0.422 e. The molecule has 0 aromatic heterocycles. The highest BCUT2D eigenvalue weighted by molar-refractivity contribution is 5.97. The van der Waals surface area contributed by atoms with Crippen molar-refractivity contribution in [2.24, 2.45) is 5.92 Å². The maximum absolute atomic E-state index is 11.7. The number of esters is 2. The number of hydrogen-bond donors (Lipinski definition) is 0. The number of carbonyl (C=O) groups excluding carboxylic acids is 2. The molecule has 0 aromatic carbocycles. The minimum Gasteiger partial charge on any atom is -0.422 e. The molecule has 1 aliphatic rings. The average Bonchev–Trinajstić information content (AvgIpc) is 2.20. The Kier molecular flexibility index (Phi) is 3.89. The molecule has 0 aromatic rings. The molecule has 1 saturated heterocycles. The van der Waals surface area contributed by atoms with Crippen molar-refractivity contribution in [3.8, 4) is 0 Å². The van der Waals surface area contributed by atoms with Crippen LogP contribution >= 0.6 is 0 Å². The summed E-state index contributed by atoms with van der Waals surface area (Å²) in [4.78, 5) is 23.3. The monoisotopic (exact) mass is 236 g/mol. The Bertz CT molecular complexity index is 370. The van der Waals surface area contributed by atoms with Crippen molar-refractivity contribution in [3.63, 3.8) is 0 Å². The van der Waals surface area contributed by atoms with Crippen LogP contribution in [0.15, 0.2) is 37.0 Å². The lowest BCUT2D eigenvalue weighted by Gasteiger charge is -2.32. The van der Waals surface area contributed by atoms with Gasteiger partial charge in [0.15, 0.2) is 5.92 Å². The van der Waals surface area contributed by atoms with E-state index in [0.717, 1.165) is 5.57 Å². The molecule has 0 saturated carbocycles. The maximum Gasteiger partial charge on any atom is 0.323 e. The second kappa shape index (κ2) is 4.99. The van der Waals surface area contributed by atoms with Gasteiger partial charge in [-0.05, 0) is 12.0 Å². The summed E-state index contributed by atoms with van der Waals surface area (Å²) in [5, 5.41) is 0. The van der Waals surface area contributed by atoms with Crippen LogP contribution in [0.4, 0.5) is 0 Å². The van der Waals surface area contributed by atoms with Gasteiger partial charge >= 0.3 is 11.9 Å². The van der Waals surface area contributed by atoms with Crippen LogP contribution in [-0.4, -0.2) is 17.7 Å². The molecular formula is C13H16O4. The van der Waals surface area contributed by atoms with Crippen LogP contribution in [0.5, 0.6) is 0 Å². The molecule has 92 valence electrons. The van der Waals surface area contributed by atoms with Crippen LogP contribution in [0.1, 0.15) is 20.3 Å². The van der Waals surface area contributed by atoms with Gasteiger partial charge in [-0.1, -0.05) is 31.4 Å². The fraction of sp³-hybridized carbons (Fsp3) is 0.385. The van der Waals surface area contributed by atoms with E-state index in [0.29, 0.717) is 0 Å². The summed E-state index contributed by atoms with van der Waals surface area (Å²) in [5.41, 5.74) is 0.735. The van der Waals surface area contributed by atoms with Crippen LogP contribution in [0.25, 0.3) is 0 Å². The number of rotatable bonds is 4. The van der Waals surface area contributed by atoms with Crippen LogP contribution < -0.4 is 0 Å². The van der Waals surface area contributed by atoms with E-state index in [4.69, 9.17) is 9.47 Å². The Morgan fingerprint density at radius 3 is 2.24 bits per heavy atom. The third-order valence-corrected chi connectivity index (χ3v) is 2.30. The number of cyclic esters (lactones) is 2. The predicted octanol–water partition coefficient (Wildman–Crippen LogP) is 2.13. The highest BCUT2D eigenvalue weighted by Crippen LogP contribution is 2.27. The highest BCUT2D eigenvalue weighted by atomic mass is 16.7. The van der Waals surface area contributed by atoms with Crippen LogP contribution in [-0.2, 0) is 19.1 Å². The van der Waals surface area contributed by atoms with Gasteiger partial charge in [0.25, 0.3) is 5.79 Å². The van der Waals surface area contributed by atoms with E-state index in [1.165, 1.54) is 13.8 Å². The van der Waals surface area contributed by atoms with Crippen LogP contribution in [0.2, 0.25) is 0 Å². The van der Waals surface area contributed by atoms with Crippen LogP contribution in [0, 0.1) is 5.92 Å². The van der Waals surface area contributed by atoms with Gasteiger partial charge in [0.05, 0.1) is 0 Å². The molecule has 1 heterocycles. The molecule has 1 rings (SSSR count). The average molecular weight is 236 g/mol. The summed E-state index contributed by atoms with van der Waals surface area (Å²) in [5.74, 6) is -3.24. The predicted molar refractivity (Wildman–Crippen MR) is 62.8 cm³/mol. The van der Waals surface area contributed by atoms with Gasteiger partial charge in [-0.15, -0.1) is 0 Å². The van der Waals surface area contributed by atoms with E-state index >= 15 is 0 Å². The first-order valence-corrected chi connectivity index (χ1v) is 5.29. The molecule has 0 amide bonds. The van der Waals surface area contributed by atoms with Crippen LogP contribution in [0.3, 0.4) is 0 Å². The summed E-state index contributed by atoms with van der Waals surface area (Å²) in [6, 6.07) is 0. The molecule has 0 atom stereocenters. The second-order valence-electron chi connectivity index (χ2n) is 4.18. The summed E-state index contributed by atoms with van der Waals surface area (Å²) in [7, 11) is 0. The zero-order chi connectivity index (χ0) is 13.1. The summed E-state index contributed by atoms with van der Waals surface area (Å²) >= 11 is 0. The van der Waals surface area contributed by atoms with Gasteiger partial charge in [-0.2, -0.15) is 0 Å². The zero-order valence-corrected chi connectivity index (χ0v) is 10.1.